The third kappa shape index (κ3) is 13.1. The largest absolute Gasteiger partial charge is 0.543 e. The van der Waals surface area contributed by atoms with Crippen LogP contribution in [-0.2, 0) is 0 Å². The van der Waals surface area contributed by atoms with E-state index in [1.165, 1.54) is 28.5 Å². The molecule has 0 amide bonds. The van der Waals surface area contributed by atoms with Crippen molar-refractivity contribution in [2.75, 3.05) is 31.2 Å². The van der Waals surface area contributed by atoms with Crippen molar-refractivity contribution in [3.63, 3.8) is 0 Å². The van der Waals surface area contributed by atoms with Crippen LogP contribution in [0.15, 0.2) is 78.9 Å². The monoisotopic (exact) mass is 791 g/mol. The Bertz CT molecular complexity index is 1510. The topological polar surface area (TPSA) is 30.5 Å². The van der Waals surface area contributed by atoms with Gasteiger partial charge in [0.2, 0.25) is 0 Å². The second-order valence-corrected chi connectivity index (χ2v) is 21.6. The Morgan fingerprint density at radius 2 is 1.19 bits per heavy atom. The summed E-state index contributed by atoms with van der Waals surface area (Å²) in [4.78, 5) is 0. The lowest BCUT2D eigenvalue weighted by Gasteiger charge is -2.42. The molecule has 10 heteroatoms. The van der Waals surface area contributed by atoms with Gasteiger partial charge >= 0.3 is 12.1 Å². The highest BCUT2D eigenvalue weighted by molar-refractivity contribution is 7.99. The smallest absolute Gasteiger partial charge is 0.453 e. The van der Waals surface area contributed by atoms with Gasteiger partial charge in [-0.15, -0.1) is 0 Å². The van der Waals surface area contributed by atoms with Crippen molar-refractivity contribution in [2.45, 2.75) is 122 Å². The highest BCUT2D eigenvalue weighted by atomic mass is 32.2. The van der Waals surface area contributed by atoms with Crippen LogP contribution in [0.5, 0.6) is 11.5 Å². The summed E-state index contributed by atoms with van der Waals surface area (Å²) in [5.74, 6) is -1.73. The summed E-state index contributed by atoms with van der Waals surface area (Å²) in [6.45, 7) is 18.2. The third-order valence-electron chi connectivity index (χ3n) is 10.2. The van der Waals surface area contributed by atoms with Gasteiger partial charge in [-0.2, -0.15) is 33.7 Å². The minimum atomic E-state index is -5.46. The van der Waals surface area contributed by atoms with Gasteiger partial charge in [0.1, 0.15) is 18.1 Å². The third-order valence-corrected chi connectivity index (χ3v) is 17.4. The molecule has 1 N–H and O–H groups in total. The van der Waals surface area contributed by atoms with E-state index in [1.54, 1.807) is 0 Å². The van der Waals surface area contributed by atoms with E-state index in [0.717, 1.165) is 73.6 Å². The molecule has 54 heavy (non-hydrogen) atoms. The molecule has 0 saturated carbocycles. The normalized spacial score (nSPS) is 13.2. The van der Waals surface area contributed by atoms with Crippen molar-refractivity contribution < 1.29 is 31.1 Å². The molecule has 0 bridgehead atoms. The number of benzene rings is 3. The van der Waals surface area contributed by atoms with Gasteiger partial charge in [0.15, 0.2) is 0 Å². The highest BCUT2D eigenvalue weighted by Crippen LogP contribution is 2.44. The molecule has 0 aliphatic heterocycles. The van der Waals surface area contributed by atoms with E-state index in [-0.39, 0.29) is 6.42 Å². The predicted molar refractivity (Wildman–Crippen MR) is 222 cm³/mol. The molecule has 0 heterocycles. The van der Waals surface area contributed by atoms with Crippen LogP contribution in [0.1, 0.15) is 110 Å². The number of alkyl halides is 5. The zero-order valence-corrected chi connectivity index (χ0v) is 35.2. The molecular formula is C44H62F5NO2SSi. The molecular weight excluding hydrogens is 730 g/mol. The fourth-order valence-corrected chi connectivity index (χ4v) is 13.7. The van der Waals surface area contributed by atoms with Gasteiger partial charge < -0.3 is 14.5 Å². The van der Waals surface area contributed by atoms with Crippen molar-refractivity contribution in [1.29, 1.82) is 0 Å². The van der Waals surface area contributed by atoms with Crippen molar-refractivity contribution in [3.8, 4) is 11.5 Å². The van der Waals surface area contributed by atoms with Gasteiger partial charge in [0.25, 0.3) is 8.32 Å². The van der Waals surface area contributed by atoms with Gasteiger partial charge in [-0.25, -0.2) is 0 Å². The summed E-state index contributed by atoms with van der Waals surface area (Å²) in [6, 6.07) is 27.7. The Labute approximate surface area is 327 Å². The molecule has 0 aliphatic rings. The van der Waals surface area contributed by atoms with Crippen LogP contribution in [0.4, 0.5) is 22.0 Å². The van der Waals surface area contributed by atoms with E-state index < -0.39 is 26.8 Å². The number of allylic oxidation sites excluding steroid dienone is 1. The van der Waals surface area contributed by atoms with Crippen molar-refractivity contribution >= 4 is 31.2 Å². The van der Waals surface area contributed by atoms with Gasteiger partial charge in [-0.3, -0.25) is 0 Å². The molecule has 0 saturated heterocycles. The van der Waals surface area contributed by atoms with Crippen LogP contribution in [0.3, 0.4) is 0 Å². The number of unbranched alkanes of at least 4 members (excludes halogenated alkanes) is 3. The maximum Gasteiger partial charge on any atom is 0.453 e. The van der Waals surface area contributed by atoms with Crippen LogP contribution in [0.2, 0.25) is 16.6 Å². The van der Waals surface area contributed by atoms with E-state index in [0.29, 0.717) is 29.0 Å². The van der Waals surface area contributed by atoms with Crippen LogP contribution >= 0.6 is 11.8 Å². The standard InChI is InChI=1S/C44H62F5NO2SSi/c1-8-41(36-17-12-11-13-18-36)42(38-21-25-40(26-22-38)52-54(33(2)3,34(4)5)35(6)7)37-19-23-39(24-20-37)51-30-29-50-28-14-9-10-15-31-53-32-16-27-43(45,46)44(47,48)49/h11-13,17-26,33-35,50H,8-10,14-16,27-32H2,1-7H3/b42-41+. The van der Waals surface area contributed by atoms with Gasteiger partial charge in [-0.05, 0) is 112 Å². The SMILES string of the molecule is CC/C(=C(/c1ccc(OCCNCCCCCCSCCCC(F)(F)C(F)(F)F)cc1)c1ccc(O[Si](C(C)C)(C(C)C)C(C)C)cc1)c1ccccc1. The fourth-order valence-electron chi connectivity index (χ4n) is 7.46. The van der Waals surface area contributed by atoms with E-state index >= 15 is 0 Å². The number of rotatable bonds is 24. The minimum absolute atomic E-state index is 0.137. The van der Waals surface area contributed by atoms with Crippen molar-refractivity contribution in [1.82, 2.24) is 5.32 Å². The number of ether oxygens (including phenoxy) is 1. The summed E-state index contributed by atoms with van der Waals surface area (Å²) < 4.78 is 75.7. The van der Waals surface area contributed by atoms with Gasteiger partial charge in [0, 0.05) is 13.0 Å². The number of halogens is 5. The molecule has 0 unspecified atom stereocenters. The van der Waals surface area contributed by atoms with E-state index in [4.69, 9.17) is 9.16 Å². The first-order chi connectivity index (χ1) is 25.6. The quantitative estimate of drug-likeness (QED) is 0.0424. The number of thioether (sulfide) groups is 1. The second kappa shape index (κ2) is 22.1. The maximum atomic E-state index is 13.0. The number of hydrogen-bond donors (Lipinski definition) is 1. The molecule has 300 valence electrons. The Morgan fingerprint density at radius 3 is 1.72 bits per heavy atom. The molecule has 3 rings (SSSR count). The molecule has 3 aromatic carbocycles. The van der Waals surface area contributed by atoms with Gasteiger partial charge in [-0.1, -0.05) is 116 Å². The zero-order chi connectivity index (χ0) is 39.8. The van der Waals surface area contributed by atoms with Gasteiger partial charge in [0.05, 0.1) is 0 Å². The first kappa shape index (κ1) is 45.6. The average Bonchev–Trinajstić information content (AvgIpc) is 3.13. The maximum absolute atomic E-state index is 13.0. The van der Waals surface area contributed by atoms with E-state index in [9.17, 15) is 22.0 Å². The molecule has 3 nitrogen and oxygen atoms in total. The highest BCUT2D eigenvalue weighted by Gasteiger charge is 2.56. The molecule has 0 spiro atoms. The minimum Gasteiger partial charge on any atom is -0.543 e. The summed E-state index contributed by atoms with van der Waals surface area (Å²) >= 11 is 1.44. The molecule has 0 aromatic heterocycles. The second-order valence-electron chi connectivity index (χ2n) is 15.0. The molecule has 0 atom stereocenters. The van der Waals surface area contributed by atoms with E-state index in [1.807, 2.05) is 12.1 Å². The Morgan fingerprint density at radius 1 is 0.648 bits per heavy atom. The van der Waals surface area contributed by atoms with Crippen LogP contribution in [0.25, 0.3) is 11.1 Å². The first-order valence-electron chi connectivity index (χ1n) is 19.7. The summed E-state index contributed by atoms with van der Waals surface area (Å²) in [5.41, 5.74) is 7.46. The Hall–Kier alpha value is -2.82. The van der Waals surface area contributed by atoms with Crippen molar-refractivity contribution in [3.05, 3.63) is 95.6 Å². The van der Waals surface area contributed by atoms with Crippen molar-refractivity contribution in [2.24, 2.45) is 0 Å². The molecule has 0 fully saturated rings. The number of nitrogens with one attached hydrogen (secondary N) is 1. The first-order valence-corrected chi connectivity index (χ1v) is 23.0. The van der Waals surface area contributed by atoms with Crippen LogP contribution in [0, 0.1) is 0 Å². The summed E-state index contributed by atoms with van der Waals surface area (Å²) in [7, 11) is -2.07. The Kier molecular flexibility index (Phi) is 18.6. The molecule has 3 aromatic rings. The summed E-state index contributed by atoms with van der Waals surface area (Å²) in [5, 5.41) is 3.42. The molecule has 0 radical (unpaired) electrons. The molecule has 0 aliphatic carbocycles. The fraction of sp³-hybridized carbons (Fsp3) is 0.545. The van der Waals surface area contributed by atoms with Crippen LogP contribution in [-0.4, -0.2) is 51.6 Å². The number of hydrogen-bond acceptors (Lipinski definition) is 4. The van der Waals surface area contributed by atoms with E-state index in [2.05, 4.69) is 121 Å². The average molecular weight is 792 g/mol. The van der Waals surface area contributed by atoms with Crippen LogP contribution < -0.4 is 14.5 Å². The lowest BCUT2D eigenvalue weighted by Crippen LogP contribution is -2.50. The summed E-state index contributed by atoms with van der Waals surface area (Å²) in [6.07, 6.45) is -1.88. The lowest BCUT2D eigenvalue weighted by molar-refractivity contribution is -0.284. The Balaban J connectivity index is 1.52. The zero-order valence-electron chi connectivity index (χ0n) is 33.3. The lowest BCUT2D eigenvalue weighted by atomic mass is 9.88. The predicted octanol–water partition coefficient (Wildman–Crippen LogP) is 13.8.